The number of aryl methyl sites for hydroxylation is 1. The maximum Gasteiger partial charge on any atom is 0.277 e. The van der Waals surface area contributed by atoms with Gasteiger partial charge in [0.05, 0.1) is 24.2 Å². The second kappa shape index (κ2) is 7.70. The first-order valence-electron chi connectivity index (χ1n) is 8.58. The summed E-state index contributed by atoms with van der Waals surface area (Å²) in [6.45, 7) is 4.13. The lowest BCUT2D eigenvalue weighted by Crippen LogP contribution is -1.89. The van der Waals surface area contributed by atoms with Gasteiger partial charge in [0.15, 0.2) is 0 Å². The van der Waals surface area contributed by atoms with E-state index in [9.17, 15) is 0 Å². The minimum atomic E-state index is 0.200. The van der Waals surface area contributed by atoms with E-state index < -0.39 is 0 Å². The first kappa shape index (κ1) is 18.0. The molecule has 7 heteroatoms. The second-order valence-corrected chi connectivity index (χ2v) is 8.58. The molecule has 0 fully saturated rings. The molecular formula is C20H19N3O2S2. The van der Waals surface area contributed by atoms with Gasteiger partial charge in [-0.05, 0) is 42.3 Å². The zero-order chi connectivity index (χ0) is 18.8. The van der Waals surface area contributed by atoms with Crippen molar-refractivity contribution in [2.24, 2.45) is 0 Å². The van der Waals surface area contributed by atoms with E-state index in [-0.39, 0.29) is 5.25 Å². The molecule has 0 saturated heterocycles. The van der Waals surface area contributed by atoms with Gasteiger partial charge in [-0.15, -0.1) is 21.5 Å². The quantitative estimate of drug-likeness (QED) is 0.404. The van der Waals surface area contributed by atoms with Crippen molar-refractivity contribution in [3.63, 3.8) is 0 Å². The predicted molar refractivity (Wildman–Crippen MR) is 109 cm³/mol. The normalized spacial score (nSPS) is 12.4. The van der Waals surface area contributed by atoms with Gasteiger partial charge in [-0.25, -0.2) is 4.98 Å². The third-order valence-electron chi connectivity index (χ3n) is 4.27. The number of thioether (sulfide) groups is 1. The molecule has 0 radical (unpaired) electrons. The van der Waals surface area contributed by atoms with E-state index in [0.717, 1.165) is 21.8 Å². The van der Waals surface area contributed by atoms with Crippen molar-refractivity contribution >= 4 is 33.9 Å². The summed E-state index contributed by atoms with van der Waals surface area (Å²) < 4.78 is 11.1. The van der Waals surface area contributed by atoms with E-state index in [4.69, 9.17) is 9.15 Å². The van der Waals surface area contributed by atoms with E-state index >= 15 is 0 Å². The summed E-state index contributed by atoms with van der Waals surface area (Å²) in [5, 5.41) is 14.5. The van der Waals surface area contributed by atoms with Gasteiger partial charge in [-0.3, -0.25) is 0 Å². The summed E-state index contributed by atoms with van der Waals surface area (Å²) in [6.07, 6.45) is 0.574. The molecule has 2 aromatic heterocycles. The van der Waals surface area contributed by atoms with Crippen molar-refractivity contribution < 1.29 is 9.15 Å². The molecule has 4 aromatic rings. The van der Waals surface area contributed by atoms with Crippen LogP contribution in [0.5, 0.6) is 5.75 Å². The Balaban J connectivity index is 1.47. The molecule has 0 bridgehead atoms. The average Bonchev–Trinajstić information content (AvgIpc) is 3.29. The van der Waals surface area contributed by atoms with Crippen LogP contribution < -0.4 is 4.74 Å². The van der Waals surface area contributed by atoms with Crippen LogP contribution in [-0.2, 0) is 6.42 Å². The molecule has 138 valence electrons. The zero-order valence-electron chi connectivity index (χ0n) is 15.3. The third-order valence-corrected chi connectivity index (χ3v) is 6.08. The number of hydrogen-bond acceptors (Lipinski definition) is 7. The Morgan fingerprint density at radius 3 is 2.74 bits per heavy atom. The third kappa shape index (κ3) is 4.14. The van der Waals surface area contributed by atoms with Crippen LogP contribution >= 0.6 is 23.1 Å². The molecule has 0 spiro atoms. The molecule has 0 aliphatic carbocycles. The van der Waals surface area contributed by atoms with Crippen LogP contribution in [0.15, 0.2) is 51.4 Å². The fourth-order valence-electron chi connectivity index (χ4n) is 2.84. The number of benzene rings is 2. The molecule has 0 aliphatic heterocycles. The van der Waals surface area contributed by atoms with Crippen LogP contribution in [0.4, 0.5) is 0 Å². The Hall–Kier alpha value is -2.38. The summed E-state index contributed by atoms with van der Waals surface area (Å²) in [5.41, 5.74) is 2.18. The highest BCUT2D eigenvalue weighted by atomic mass is 32.2. The van der Waals surface area contributed by atoms with Crippen LogP contribution in [-0.4, -0.2) is 22.3 Å². The number of thiazole rings is 1. The molecule has 0 amide bonds. The monoisotopic (exact) mass is 397 g/mol. The summed E-state index contributed by atoms with van der Waals surface area (Å²) >= 11 is 3.19. The highest BCUT2D eigenvalue weighted by Crippen LogP contribution is 2.35. The largest absolute Gasteiger partial charge is 0.497 e. The molecule has 2 heterocycles. The smallest absolute Gasteiger partial charge is 0.277 e. The van der Waals surface area contributed by atoms with Crippen LogP contribution in [0.2, 0.25) is 0 Å². The lowest BCUT2D eigenvalue weighted by atomic mass is 10.1. The van der Waals surface area contributed by atoms with Gasteiger partial charge in [0.1, 0.15) is 5.75 Å². The molecule has 0 aliphatic rings. The number of methoxy groups -OCH3 is 1. The molecule has 1 atom stereocenters. The first-order chi connectivity index (χ1) is 13.1. The van der Waals surface area contributed by atoms with Gasteiger partial charge in [0, 0.05) is 10.6 Å². The topological polar surface area (TPSA) is 61.0 Å². The molecule has 0 saturated carbocycles. The van der Waals surface area contributed by atoms with E-state index in [2.05, 4.69) is 46.4 Å². The Labute approximate surface area is 165 Å². The molecule has 0 unspecified atom stereocenters. The van der Waals surface area contributed by atoms with Crippen molar-refractivity contribution in [3.05, 3.63) is 63.9 Å². The highest BCUT2D eigenvalue weighted by Gasteiger charge is 2.15. The van der Waals surface area contributed by atoms with E-state index in [1.807, 2.05) is 24.4 Å². The minimum absolute atomic E-state index is 0.200. The van der Waals surface area contributed by atoms with E-state index in [0.29, 0.717) is 17.5 Å². The average molecular weight is 398 g/mol. The number of hydrogen-bond donors (Lipinski definition) is 0. The van der Waals surface area contributed by atoms with Crippen molar-refractivity contribution in [2.45, 2.75) is 30.7 Å². The van der Waals surface area contributed by atoms with E-state index in [1.165, 1.54) is 10.9 Å². The molecule has 0 N–H and O–H groups in total. The Bertz CT molecular complexity index is 1070. The molecule has 2 aromatic carbocycles. The lowest BCUT2D eigenvalue weighted by Gasteiger charge is -2.10. The number of nitrogens with zero attached hydrogens (tertiary/aromatic N) is 3. The van der Waals surface area contributed by atoms with Gasteiger partial charge in [0.2, 0.25) is 5.89 Å². The summed E-state index contributed by atoms with van der Waals surface area (Å²) in [6, 6.07) is 12.6. The predicted octanol–water partition coefficient (Wildman–Crippen LogP) is 5.44. The molecule has 4 rings (SSSR count). The summed E-state index contributed by atoms with van der Waals surface area (Å²) in [5.74, 6) is 1.46. The second-order valence-electron chi connectivity index (χ2n) is 6.23. The van der Waals surface area contributed by atoms with Gasteiger partial charge >= 0.3 is 0 Å². The van der Waals surface area contributed by atoms with Crippen LogP contribution in [0.1, 0.15) is 34.3 Å². The van der Waals surface area contributed by atoms with Crippen LogP contribution in [0.25, 0.3) is 10.8 Å². The SMILES string of the molecule is COc1ccc2cc([C@@H](C)Sc3nnc(Cc4csc(C)n4)o3)ccc2c1. The minimum Gasteiger partial charge on any atom is -0.497 e. The summed E-state index contributed by atoms with van der Waals surface area (Å²) in [4.78, 5) is 4.44. The zero-order valence-corrected chi connectivity index (χ0v) is 16.9. The van der Waals surface area contributed by atoms with Crippen molar-refractivity contribution in [2.75, 3.05) is 7.11 Å². The van der Waals surface area contributed by atoms with Crippen LogP contribution in [0.3, 0.4) is 0 Å². The standard InChI is InChI=1S/C20H19N3O2S2/c1-12(14-4-5-16-9-18(24-3)7-6-15(16)8-14)27-20-23-22-19(25-20)10-17-11-26-13(2)21-17/h4-9,11-12H,10H2,1-3H3/t12-/m1/s1. The fraction of sp³-hybridized carbons (Fsp3) is 0.250. The first-order valence-corrected chi connectivity index (χ1v) is 10.3. The number of fused-ring (bicyclic) bond motifs is 1. The van der Waals surface area contributed by atoms with Crippen molar-refractivity contribution in [1.29, 1.82) is 0 Å². The molecule has 5 nitrogen and oxygen atoms in total. The van der Waals surface area contributed by atoms with Gasteiger partial charge in [-0.1, -0.05) is 36.0 Å². The highest BCUT2D eigenvalue weighted by molar-refractivity contribution is 7.99. The van der Waals surface area contributed by atoms with Gasteiger partial charge in [-0.2, -0.15) is 0 Å². The lowest BCUT2D eigenvalue weighted by molar-refractivity contribution is 0.415. The number of rotatable bonds is 6. The fourth-order valence-corrected chi connectivity index (χ4v) is 4.27. The Kier molecular flexibility index (Phi) is 5.13. The van der Waals surface area contributed by atoms with Crippen molar-refractivity contribution in [1.82, 2.24) is 15.2 Å². The van der Waals surface area contributed by atoms with E-state index in [1.54, 1.807) is 30.2 Å². The maximum absolute atomic E-state index is 5.80. The number of ether oxygens (including phenoxy) is 1. The van der Waals surface area contributed by atoms with Crippen molar-refractivity contribution in [3.8, 4) is 5.75 Å². The Morgan fingerprint density at radius 2 is 1.96 bits per heavy atom. The van der Waals surface area contributed by atoms with Gasteiger partial charge in [0.25, 0.3) is 5.22 Å². The molecule has 27 heavy (non-hydrogen) atoms. The number of aromatic nitrogens is 3. The van der Waals surface area contributed by atoms with Crippen LogP contribution in [0, 0.1) is 6.92 Å². The Morgan fingerprint density at radius 1 is 1.15 bits per heavy atom. The maximum atomic E-state index is 5.80. The summed E-state index contributed by atoms with van der Waals surface area (Å²) in [7, 11) is 1.68. The van der Waals surface area contributed by atoms with Gasteiger partial charge < -0.3 is 9.15 Å². The molecular weight excluding hydrogens is 378 g/mol.